The van der Waals surface area contributed by atoms with Crippen LogP contribution in [0.4, 0.5) is 17.1 Å². The molecule has 0 spiro atoms. The highest BCUT2D eigenvalue weighted by Gasteiger charge is 2.38. The van der Waals surface area contributed by atoms with Crippen molar-refractivity contribution in [3.8, 4) is 22.3 Å². The summed E-state index contributed by atoms with van der Waals surface area (Å²) < 4.78 is 0. The smallest absolute Gasteiger partial charge is 0.0543 e. The van der Waals surface area contributed by atoms with Crippen molar-refractivity contribution < 1.29 is 0 Å². The molecule has 0 aromatic heterocycles. The molecule has 0 unspecified atom stereocenters. The Bertz CT molecular complexity index is 2110. The summed E-state index contributed by atoms with van der Waals surface area (Å²) in [5.41, 5.74) is 14.6. The molecule has 0 heterocycles. The Morgan fingerprint density at radius 1 is 0.562 bits per heavy atom. The number of benzene rings is 6. The van der Waals surface area contributed by atoms with Crippen LogP contribution in [0.3, 0.4) is 0 Å². The first-order valence-corrected chi connectivity index (χ1v) is 18.0. The van der Waals surface area contributed by atoms with Gasteiger partial charge in [-0.1, -0.05) is 157 Å². The second-order valence-corrected chi connectivity index (χ2v) is 15.6. The first kappa shape index (κ1) is 30.7. The van der Waals surface area contributed by atoms with Crippen LogP contribution in [0.25, 0.3) is 33.0 Å². The molecule has 8 rings (SSSR count). The normalized spacial score (nSPS) is 15.7. The number of rotatable bonds is 5. The third kappa shape index (κ3) is 5.07. The Hall–Kier alpha value is -4.62. The Balaban J connectivity index is 1.40. The molecule has 2 aliphatic carbocycles. The van der Waals surface area contributed by atoms with E-state index in [1.807, 2.05) is 0 Å². The SMILES string of the molecule is CC(C)(C)c1ccc(N(c2ccccc2-c2cccc3cccc(C4CCCCC4)c23)c2cccc3c2-c2ccccc2C3(C)C)cc1. The van der Waals surface area contributed by atoms with Crippen molar-refractivity contribution >= 4 is 27.8 Å². The zero-order chi connectivity index (χ0) is 33.0. The zero-order valence-electron chi connectivity index (χ0n) is 29.2. The summed E-state index contributed by atoms with van der Waals surface area (Å²) in [6, 6.07) is 48.3. The van der Waals surface area contributed by atoms with Gasteiger partial charge in [-0.3, -0.25) is 0 Å². The molecule has 0 saturated heterocycles. The van der Waals surface area contributed by atoms with Gasteiger partial charge in [-0.05, 0) is 92.6 Å². The van der Waals surface area contributed by atoms with Crippen LogP contribution >= 0.6 is 0 Å². The highest BCUT2D eigenvalue weighted by atomic mass is 15.1. The van der Waals surface area contributed by atoms with Gasteiger partial charge < -0.3 is 4.90 Å². The molecule has 1 fully saturated rings. The van der Waals surface area contributed by atoms with Crippen LogP contribution < -0.4 is 4.90 Å². The maximum Gasteiger partial charge on any atom is 0.0543 e. The van der Waals surface area contributed by atoms with Gasteiger partial charge in [-0.15, -0.1) is 0 Å². The minimum absolute atomic E-state index is 0.0756. The second-order valence-electron chi connectivity index (χ2n) is 15.6. The number of fused-ring (bicyclic) bond motifs is 4. The van der Waals surface area contributed by atoms with E-state index in [-0.39, 0.29) is 10.8 Å². The van der Waals surface area contributed by atoms with Crippen molar-refractivity contribution in [3.05, 3.63) is 150 Å². The molecule has 1 nitrogen and oxygen atoms in total. The molecular weight excluding hydrogens is 579 g/mol. The zero-order valence-corrected chi connectivity index (χ0v) is 29.2. The first-order chi connectivity index (χ1) is 23.2. The standard InChI is InChI=1S/C47H47N/c1-46(2,3)34-28-30-35(31-29-34)48(43-27-15-25-41-45(43)39-21-9-11-24-40(39)47(41,4)5)42-26-12-10-20-37(42)38-23-14-19-33-18-13-22-36(44(33)38)32-16-7-6-8-17-32/h9-15,18-32H,6-8,16-17H2,1-5H3. The summed E-state index contributed by atoms with van der Waals surface area (Å²) in [6.07, 6.45) is 6.59. The van der Waals surface area contributed by atoms with E-state index in [1.54, 1.807) is 0 Å². The third-order valence-corrected chi connectivity index (χ3v) is 11.2. The quantitative estimate of drug-likeness (QED) is 0.184. The van der Waals surface area contributed by atoms with Crippen LogP contribution in [0.1, 0.15) is 94.9 Å². The van der Waals surface area contributed by atoms with Gasteiger partial charge in [0.15, 0.2) is 0 Å². The van der Waals surface area contributed by atoms with E-state index in [1.165, 1.54) is 104 Å². The van der Waals surface area contributed by atoms with Crippen molar-refractivity contribution in [3.63, 3.8) is 0 Å². The van der Waals surface area contributed by atoms with Crippen LogP contribution in [-0.2, 0) is 10.8 Å². The summed E-state index contributed by atoms with van der Waals surface area (Å²) >= 11 is 0. The lowest BCUT2D eigenvalue weighted by Crippen LogP contribution is -2.16. The highest BCUT2D eigenvalue weighted by molar-refractivity contribution is 6.04. The van der Waals surface area contributed by atoms with Gasteiger partial charge in [0.25, 0.3) is 0 Å². The van der Waals surface area contributed by atoms with E-state index >= 15 is 0 Å². The van der Waals surface area contributed by atoms with Crippen LogP contribution in [0.15, 0.2) is 127 Å². The predicted molar refractivity (Wildman–Crippen MR) is 206 cm³/mol. The van der Waals surface area contributed by atoms with Gasteiger partial charge in [0.05, 0.1) is 11.4 Å². The third-order valence-electron chi connectivity index (χ3n) is 11.2. The predicted octanol–water partition coefficient (Wildman–Crippen LogP) is 13.6. The second kappa shape index (κ2) is 11.8. The lowest BCUT2D eigenvalue weighted by atomic mass is 9.80. The van der Waals surface area contributed by atoms with E-state index in [0.717, 1.165) is 0 Å². The highest BCUT2D eigenvalue weighted by Crippen LogP contribution is 2.55. The summed E-state index contributed by atoms with van der Waals surface area (Å²) in [4.78, 5) is 2.54. The summed E-state index contributed by atoms with van der Waals surface area (Å²) in [5, 5.41) is 2.76. The Morgan fingerprint density at radius 2 is 1.17 bits per heavy atom. The summed E-state index contributed by atoms with van der Waals surface area (Å²) in [7, 11) is 0. The summed E-state index contributed by atoms with van der Waals surface area (Å²) in [5.74, 6) is 0.618. The average molecular weight is 626 g/mol. The molecule has 0 radical (unpaired) electrons. The molecule has 48 heavy (non-hydrogen) atoms. The molecular formula is C47H47N. The maximum absolute atomic E-state index is 2.54. The molecule has 6 aromatic rings. The molecule has 240 valence electrons. The molecule has 0 N–H and O–H groups in total. The lowest BCUT2D eigenvalue weighted by molar-refractivity contribution is 0.445. The topological polar surface area (TPSA) is 3.24 Å². The summed E-state index contributed by atoms with van der Waals surface area (Å²) in [6.45, 7) is 11.6. The molecule has 0 bridgehead atoms. The largest absolute Gasteiger partial charge is 0.309 e. The number of nitrogens with zero attached hydrogens (tertiary/aromatic N) is 1. The van der Waals surface area contributed by atoms with Gasteiger partial charge in [-0.2, -0.15) is 0 Å². The molecule has 2 aliphatic rings. The van der Waals surface area contributed by atoms with Gasteiger partial charge >= 0.3 is 0 Å². The van der Waals surface area contributed by atoms with E-state index in [2.05, 4.69) is 167 Å². The molecule has 6 aromatic carbocycles. The fourth-order valence-corrected chi connectivity index (χ4v) is 8.68. The average Bonchev–Trinajstić information content (AvgIpc) is 3.35. The van der Waals surface area contributed by atoms with Gasteiger partial charge in [0, 0.05) is 22.2 Å². The van der Waals surface area contributed by atoms with Crippen molar-refractivity contribution in [1.82, 2.24) is 0 Å². The van der Waals surface area contributed by atoms with Gasteiger partial charge in [-0.25, -0.2) is 0 Å². The number of anilines is 3. The molecule has 0 atom stereocenters. The number of para-hydroxylation sites is 1. The Kier molecular flexibility index (Phi) is 7.55. The molecule has 0 aliphatic heterocycles. The fraction of sp³-hybridized carbons (Fsp3) is 0.277. The molecule has 0 amide bonds. The molecule has 1 saturated carbocycles. The van der Waals surface area contributed by atoms with Crippen LogP contribution in [0.2, 0.25) is 0 Å². The fourth-order valence-electron chi connectivity index (χ4n) is 8.68. The Labute approximate surface area is 287 Å². The van der Waals surface area contributed by atoms with Crippen molar-refractivity contribution in [1.29, 1.82) is 0 Å². The van der Waals surface area contributed by atoms with Crippen LogP contribution in [0.5, 0.6) is 0 Å². The van der Waals surface area contributed by atoms with E-state index < -0.39 is 0 Å². The van der Waals surface area contributed by atoms with Crippen molar-refractivity contribution in [2.24, 2.45) is 0 Å². The van der Waals surface area contributed by atoms with Crippen LogP contribution in [-0.4, -0.2) is 0 Å². The minimum atomic E-state index is -0.0756. The van der Waals surface area contributed by atoms with E-state index in [4.69, 9.17) is 0 Å². The maximum atomic E-state index is 2.54. The minimum Gasteiger partial charge on any atom is -0.309 e. The monoisotopic (exact) mass is 625 g/mol. The van der Waals surface area contributed by atoms with Gasteiger partial charge in [0.1, 0.15) is 0 Å². The number of hydrogen-bond acceptors (Lipinski definition) is 1. The van der Waals surface area contributed by atoms with E-state index in [0.29, 0.717) is 5.92 Å². The van der Waals surface area contributed by atoms with E-state index in [9.17, 15) is 0 Å². The molecule has 1 heteroatoms. The van der Waals surface area contributed by atoms with Gasteiger partial charge in [0.2, 0.25) is 0 Å². The van der Waals surface area contributed by atoms with Crippen LogP contribution in [0, 0.1) is 0 Å². The van der Waals surface area contributed by atoms with Crippen molar-refractivity contribution in [2.75, 3.05) is 4.90 Å². The number of hydrogen-bond donors (Lipinski definition) is 0. The van der Waals surface area contributed by atoms with Crippen molar-refractivity contribution in [2.45, 2.75) is 83.5 Å². The first-order valence-electron chi connectivity index (χ1n) is 18.0. The Morgan fingerprint density at radius 3 is 1.92 bits per heavy atom. The lowest BCUT2D eigenvalue weighted by Gasteiger charge is -2.31.